The second kappa shape index (κ2) is 7.29. The fourth-order valence-electron chi connectivity index (χ4n) is 1.89. The average Bonchev–Trinajstić information content (AvgIpc) is 2.47. The lowest BCUT2D eigenvalue weighted by Crippen LogP contribution is -2.42. The number of hydrogen-bond donors (Lipinski definition) is 2. The van der Waals surface area contributed by atoms with Crippen molar-refractivity contribution in [3.8, 4) is 0 Å². The summed E-state index contributed by atoms with van der Waals surface area (Å²) in [7, 11) is 0. The number of hydrogen-bond acceptors (Lipinski definition) is 2. The molecular formula is C16H14Cl2N2O2. The zero-order valence-electron chi connectivity index (χ0n) is 11.8. The molecule has 114 valence electrons. The molecular weight excluding hydrogens is 323 g/mol. The third kappa shape index (κ3) is 4.23. The number of aryl methyl sites for hydroxylation is 1. The number of carbonyl (C=O) groups is 2. The predicted octanol–water partition coefficient (Wildman–Crippen LogP) is 3.31. The molecule has 2 N–H and O–H groups in total. The van der Waals surface area contributed by atoms with Crippen molar-refractivity contribution in [3.05, 3.63) is 69.2 Å². The van der Waals surface area contributed by atoms with Gasteiger partial charge in [0.1, 0.15) is 0 Å². The molecule has 0 saturated carbocycles. The molecule has 0 radical (unpaired) electrons. The summed E-state index contributed by atoms with van der Waals surface area (Å²) in [5, 5.41) is 0.656. The maximum Gasteiger partial charge on any atom is 0.271 e. The molecule has 0 unspecified atom stereocenters. The Bertz CT molecular complexity index is 717. The van der Waals surface area contributed by atoms with E-state index in [9.17, 15) is 9.59 Å². The molecule has 0 heterocycles. The number of amides is 2. The summed E-state index contributed by atoms with van der Waals surface area (Å²) >= 11 is 11.7. The molecule has 0 aliphatic rings. The van der Waals surface area contributed by atoms with Crippen LogP contribution >= 0.6 is 23.2 Å². The molecule has 0 saturated heterocycles. The van der Waals surface area contributed by atoms with Crippen LogP contribution in [-0.4, -0.2) is 11.8 Å². The van der Waals surface area contributed by atoms with Crippen LogP contribution in [0.2, 0.25) is 10.0 Å². The van der Waals surface area contributed by atoms with Gasteiger partial charge in [0.15, 0.2) is 0 Å². The number of hydrazine groups is 1. The van der Waals surface area contributed by atoms with Crippen molar-refractivity contribution in [1.29, 1.82) is 0 Å². The smallest absolute Gasteiger partial charge is 0.271 e. The second-order valence-corrected chi connectivity index (χ2v) is 5.57. The van der Waals surface area contributed by atoms with Gasteiger partial charge in [0, 0.05) is 5.02 Å². The fraction of sp³-hybridized carbons (Fsp3) is 0.125. The average molecular weight is 337 g/mol. The largest absolute Gasteiger partial charge is 0.273 e. The van der Waals surface area contributed by atoms with E-state index in [2.05, 4.69) is 10.9 Å². The summed E-state index contributed by atoms with van der Waals surface area (Å²) < 4.78 is 0. The highest BCUT2D eigenvalue weighted by atomic mass is 35.5. The number of halogens is 2. The van der Waals surface area contributed by atoms with Crippen LogP contribution in [0.3, 0.4) is 0 Å². The number of rotatable bonds is 3. The van der Waals surface area contributed by atoms with Gasteiger partial charge >= 0.3 is 0 Å². The van der Waals surface area contributed by atoms with E-state index in [-0.39, 0.29) is 22.9 Å². The number of benzene rings is 2. The van der Waals surface area contributed by atoms with Crippen molar-refractivity contribution >= 4 is 35.0 Å². The van der Waals surface area contributed by atoms with Gasteiger partial charge in [0.05, 0.1) is 17.0 Å². The van der Waals surface area contributed by atoms with Crippen molar-refractivity contribution in [2.45, 2.75) is 13.3 Å². The lowest BCUT2D eigenvalue weighted by atomic mass is 10.1. The molecule has 0 atom stereocenters. The molecule has 4 nitrogen and oxygen atoms in total. The molecule has 0 aliphatic carbocycles. The van der Waals surface area contributed by atoms with Crippen molar-refractivity contribution in [2.24, 2.45) is 0 Å². The van der Waals surface area contributed by atoms with Gasteiger partial charge in [-0.05, 0) is 36.2 Å². The fourth-order valence-corrected chi connectivity index (χ4v) is 2.39. The van der Waals surface area contributed by atoms with Crippen LogP contribution in [0, 0.1) is 6.92 Å². The minimum absolute atomic E-state index is 0.182. The first-order valence-corrected chi connectivity index (χ1v) is 7.31. The van der Waals surface area contributed by atoms with Crippen molar-refractivity contribution in [3.63, 3.8) is 0 Å². The highest BCUT2D eigenvalue weighted by Crippen LogP contribution is 2.20. The molecule has 2 amide bonds. The molecule has 0 aromatic heterocycles. The van der Waals surface area contributed by atoms with E-state index in [0.29, 0.717) is 5.02 Å². The zero-order chi connectivity index (χ0) is 16.1. The maximum atomic E-state index is 11.9. The third-order valence-corrected chi connectivity index (χ3v) is 3.65. The molecule has 2 rings (SSSR count). The summed E-state index contributed by atoms with van der Waals surface area (Å²) in [6.07, 6.45) is 0.182. The van der Waals surface area contributed by atoms with Gasteiger partial charge in [-0.15, -0.1) is 0 Å². The van der Waals surface area contributed by atoms with E-state index >= 15 is 0 Å². The van der Waals surface area contributed by atoms with Gasteiger partial charge in [-0.25, -0.2) is 0 Å². The minimum Gasteiger partial charge on any atom is -0.273 e. The lowest BCUT2D eigenvalue weighted by Gasteiger charge is -2.09. The van der Waals surface area contributed by atoms with Gasteiger partial charge in [-0.1, -0.05) is 47.5 Å². The molecule has 22 heavy (non-hydrogen) atoms. The number of nitrogens with one attached hydrogen (secondary N) is 2. The Morgan fingerprint density at radius 2 is 1.77 bits per heavy atom. The van der Waals surface area contributed by atoms with Crippen LogP contribution in [0.5, 0.6) is 0 Å². The van der Waals surface area contributed by atoms with Gasteiger partial charge in [0.25, 0.3) is 5.91 Å². The monoisotopic (exact) mass is 336 g/mol. The Morgan fingerprint density at radius 1 is 1.05 bits per heavy atom. The third-order valence-electron chi connectivity index (χ3n) is 3.10. The first-order chi connectivity index (χ1) is 10.5. The zero-order valence-corrected chi connectivity index (χ0v) is 13.3. The molecule has 0 spiro atoms. The highest BCUT2D eigenvalue weighted by Gasteiger charge is 2.12. The van der Waals surface area contributed by atoms with Gasteiger partial charge in [0.2, 0.25) is 5.91 Å². The molecule has 0 fully saturated rings. The first-order valence-electron chi connectivity index (χ1n) is 6.56. The van der Waals surface area contributed by atoms with E-state index in [1.54, 1.807) is 6.07 Å². The maximum absolute atomic E-state index is 11.9. The number of carbonyl (C=O) groups excluding carboxylic acids is 2. The molecule has 6 heteroatoms. The van der Waals surface area contributed by atoms with Crippen LogP contribution in [-0.2, 0) is 11.2 Å². The Morgan fingerprint density at radius 3 is 2.45 bits per heavy atom. The summed E-state index contributed by atoms with van der Waals surface area (Å²) in [6.45, 7) is 1.93. The quantitative estimate of drug-likeness (QED) is 0.845. The standard InChI is InChI=1S/C16H14Cl2N2O2/c1-10-4-2-3-5-11(10)8-15(21)19-20-16(22)13-7-6-12(17)9-14(13)18/h2-7,9H,8H2,1H3,(H,19,21)(H,20,22). The van der Waals surface area contributed by atoms with E-state index in [0.717, 1.165) is 11.1 Å². The first kappa shape index (κ1) is 16.3. The second-order valence-electron chi connectivity index (χ2n) is 4.73. The van der Waals surface area contributed by atoms with E-state index in [1.807, 2.05) is 31.2 Å². The summed E-state index contributed by atoms with van der Waals surface area (Å²) in [5.41, 5.74) is 6.86. The highest BCUT2D eigenvalue weighted by molar-refractivity contribution is 6.36. The van der Waals surface area contributed by atoms with Crippen molar-refractivity contribution in [2.75, 3.05) is 0 Å². The summed E-state index contributed by atoms with van der Waals surface area (Å²) in [5.74, 6) is -0.812. The van der Waals surface area contributed by atoms with Crippen LogP contribution in [0.4, 0.5) is 0 Å². The van der Waals surface area contributed by atoms with Gasteiger partial charge in [-0.2, -0.15) is 0 Å². The van der Waals surface area contributed by atoms with Crippen LogP contribution in [0.1, 0.15) is 21.5 Å². The molecule has 0 bridgehead atoms. The summed E-state index contributed by atoms with van der Waals surface area (Å²) in [6, 6.07) is 12.1. The van der Waals surface area contributed by atoms with Crippen LogP contribution in [0.15, 0.2) is 42.5 Å². The van der Waals surface area contributed by atoms with Crippen LogP contribution in [0.25, 0.3) is 0 Å². The van der Waals surface area contributed by atoms with Crippen molar-refractivity contribution in [1.82, 2.24) is 10.9 Å². The van der Waals surface area contributed by atoms with Crippen LogP contribution < -0.4 is 10.9 Å². The Balaban J connectivity index is 1.93. The SMILES string of the molecule is Cc1ccccc1CC(=O)NNC(=O)c1ccc(Cl)cc1Cl. The molecule has 0 aliphatic heterocycles. The molecule has 2 aromatic carbocycles. The Labute approximate surface area is 138 Å². The van der Waals surface area contributed by atoms with Crippen molar-refractivity contribution < 1.29 is 9.59 Å². The summed E-state index contributed by atoms with van der Waals surface area (Å²) in [4.78, 5) is 23.8. The minimum atomic E-state index is -0.500. The molecule has 2 aromatic rings. The van der Waals surface area contributed by atoms with E-state index in [4.69, 9.17) is 23.2 Å². The Hall–Kier alpha value is -2.04. The normalized spacial score (nSPS) is 10.1. The van der Waals surface area contributed by atoms with Gasteiger partial charge in [-0.3, -0.25) is 20.4 Å². The van der Waals surface area contributed by atoms with E-state index in [1.165, 1.54) is 12.1 Å². The predicted molar refractivity (Wildman–Crippen MR) is 87.0 cm³/mol. The lowest BCUT2D eigenvalue weighted by molar-refractivity contribution is -0.121. The topological polar surface area (TPSA) is 58.2 Å². The Kier molecular flexibility index (Phi) is 5.41. The van der Waals surface area contributed by atoms with E-state index < -0.39 is 5.91 Å². The van der Waals surface area contributed by atoms with Gasteiger partial charge < -0.3 is 0 Å².